The Bertz CT molecular complexity index is 3540. The van der Waals surface area contributed by atoms with E-state index in [9.17, 15) is 0 Å². The third-order valence-electron chi connectivity index (χ3n) is 10.1. The van der Waals surface area contributed by atoms with E-state index in [1.165, 1.54) is 10.1 Å². The van der Waals surface area contributed by atoms with Gasteiger partial charge in [0.15, 0.2) is 0 Å². The van der Waals surface area contributed by atoms with E-state index in [-0.39, 0.29) is 49.0 Å². The van der Waals surface area contributed by atoms with Crippen LogP contribution in [0, 0.1) is 24.4 Å². The minimum Gasteiger partial charge on any atom is -0.510 e. The summed E-state index contributed by atoms with van der Waals surface area (Å²) in [6, 6.07) is 36.4. The predicted molar refractivity (Wildman–Crippen MR) is 237 cm³/mol. The molecule has 0 spiro atoms. The van der Waals surface area contributed by atoms with Gasteiger partial charge in [-0.05, 0) is 80.6 Å². The van der Waals surface area contributed by atoms with Gasteiger partial charge in [-0.25, -0.2) is 4.98 Å². The molecule has 3 aromatic heterocycles. The van der Waals surface area contributed by atoms with Crippen LogP contribution in [0.3, 0.4) is 0 Å². The summed E-state index contributed by atoms with van der Waals surface area (Å²) in [6.07, 6.45) is 9.26. The molecule has 3 heterocycles. The molecule has 0 aliphatic carbocycles. The Kier molecular flexibility index (Phi) is 8.01. The van der Waals surface area contributed by atoms with E-state index in [1.807, 2.05) is 42.6 Å². The first-order valence-electron chi connectivity index (χ1n) is 24.2. The zero-order valence-corrected chi connectivity index (χ0v) is 34.7. The zero-order valence-electron chi connectivity index (χ0n) is 42.4. The topological polar surface area (TPSA) is 35.9 Å². The number of nitrogens with zero attached hydrogens (tertiary/aromatic N) is 4. The Labute approximate surface area is 379 Å². The Morgan fingerprint density at radius 2 is 1.40 bits per heavy atom. The Hall–Kier alpha value is -6.81. The molecule has 294 valence electrons. The second kappa shape index (κ2) is 16.8. The molecule has 0 saturated carbocycles. The van der Waals surface area contributed by atoms with Crippen LogP contribution in [-0.4, -0.2) is 14.1 Å². The van der Waals surface area contributed by atoms with E-state index < -0.39 is 60.4 Å². The number of hydrogen-bond donors (Lipinski definition) is 0. The Balaban J connectivity index is 0.00000608. The molecule has 0 unspecified atom stereocenters. The van der Waals surface area contributed by atoms with Crippen molar-refractivity contribution in [3.05, 3.63) is 212 Å². The summed E-state index contributed by atoms with van der Waals surface area (Å²) in [5.41, 5.74) is 5.81. The fourth-order valence-corrected chi connectivity index (χ4v) is 7.52. The number of rotatable bonds is 10. The molecule has 60 heavy (non-hydrogen) atoms. The number of aromatic nitrogens is 4. The number of ether oxygens (including phenoxy) is 1. The van der Waals surface area contributed by atoms with Crippen LogP contribution in [0.2, 0.25) is 0 Å². The summed E-state index contributed by atoms with van der Waals surface area (Å²) in [4.78, 5) is 4.84. The first kappa shape index (κ1) is 28.6. The molecular formula is C54H40N4OPt-2. The van der Waals surface area contributed by atoms with E-state index in [2.05, 4.69) is 73.3 Å². The van der Waals surface area contributed by atoms with Crippen molar-refractivity contribution in [1.29, 1.82) is 0 Å². The number of imidazole rings is 1. The van der Waals surface area contributed by atoms with Gasteiger partial charge in [0.25, 0.3) is 6.33 Å². The monoisotopic (exact) mass is 965 g/mol. The molecule has 5 nitrogen and oxygen atoms in total. The molecule has 0 aliphatic rings. The number of pyridine rings is 1. The van der Waals surface area contributed by atoms with E-state index in [1.54, 1.807) is 53.4 Å². The molecular weight excluding hydrogens is 916 g/mol. The summed E-state index contributed by atoms with van der Waals surface area (Å²) < 4.78 is 97.4. The van der Waals surface area contributed by atoms with E-state index >= 15 is 0 Å². The van der Waals surface area contributed by atoms with Crippen molar-refractivity contribution in [1.82, 2.24) is 14.1 Å². The van der Waals surface area contributed by atoms with Crippen molar-refractivity contribution in [2.75, 3.05) is 0 Å². The largest absolute Gasteiger partial charge is 0.510 e. The van der Waals surface area contributed by atoms with E-state index in [0.717, 1.165) is 45.2 Å². The number of hydrogen-bond acceptors (Lipinski definition) is 2. The molecule has 10 rings (SSSR count). The Morgan fingerprint density at radius 1 is 0.683 bits per heavy atom. The summed E-state index contributed by atoms with van der Waals surface area (Å²) in [6.45, 7) is 4.39. The number of fused-ring (bicyclic) bond motifs is 3. The summed E-state index contributed by atoms with van der Waals surface area (Å²) in [5.74, 6) is 2.02. The molecule has 0 amide bonds. The molecule has 6 heteroatoms. The van der Waals surface area contributed by atoms with Gasteiger partial charge in [-0.2, -0.15) is 18.2 Å². The summed E-state index contributed by atoms with van der Waals surface area (Å²) in [7, 11) is 0. The van der Waals surface area contributed by atoms with E-state index in [0.29, 0.717) is 23.1 Å². The molecule has 7 aromatic carbocycles. The van der Waals surface area contributed by atoms with Gasteiger partial charge in [-0.1, -0.05) is 140 Å². The van der Waals surface area contributed by atoms with Gasteiger partial charge in [0.1, 0.15) is 5.82 Å². The van der Waals surface area contributed by atoms with Gasteiger partial charge in [-0.3, -0.25) is 4.57 Å². The van der Waals surface area contributed by atoms with Crippen molar-refractivity contribution in [2.24, 2.45) is 5.92 Å². The van der Waals surface area contributed by atoms with Gasteiger partial charge >= 0.3 is 0 Å². The maximum atomic E-state index is 8.86. The Morgan fingerprint density at radius 3 is 2.13 bits per heavy atom. The van der Waals surface area contributed by atoms with Crippen molar-refractivity contribution >= 4 is 21.8 Å². The smallest absolute Gasteiger partial charge is 0.267 e. The van der Waals surface area contributed by atoms with Crippen LogP contribution in [0.5, 0.6) is 11.5 Å². The van der Waals surface area contributed by atoms with Crippen LogP contribution in [-0.2, 0) is 27.5 Å². The third kappa shape index (κ3) is 7.61. The van der Waals surface area contributed by atoms with Crippen LogP contribution in [0.25, 0.3) is 72.4 Å². The molecule has 0 fully saturated rings. The zero-order chi connectivity index (χ0) is 48.4. The first-order valence-corrected chi connectivity index (χ1v) is 19.2. The number of benzene rings is 7. The molecule has 0 N–H and O–H groups in total. The molecule has 0 radical (unpaired) electrons. The fourth-order valence-electron chi connectivity index (χ4n) is 7.52. The van der Waals surface area contributed by atoms with Crippen molar-refractivity contribution in [3.63, 3.8) is 0 Å². The van der Waals surface area contributed by atoms with Crippen LogP contribution in [0.15, 0.2) is 188 Å². The SMILES string of the molecule is [2H]c1c([2H])c([2H])c(-c2cccc(-c3c([2H])c([2H])c([2H])c([2H])c3[2H])c2-[n+]2[c-]n(-c3[c-]c(Oc4[c-]c5c(cc4)c4cc(-c6ccccc6)ccc4n5-c4cc(CC(C)C)ccn4)ccc3)cc2)c([2H])c1[2H].[Pt]. The molecule has 0 aliphatic heterocycles. The molecule has 10 aromatic rings. The average molecular weight is 966 g/mol. The minimum absolute atomic E-state index is 0. The predicted octanol–water partition coefficient (Wildman–Crippen LogP) is 12.6. The van der Waals surface area contributed by atoms with Crippen LogP contribution >= 0.6 is 0 Å². The van der Waals surface area contributed by atoms with Crippen LogP contribution in [0.4, 0.5) is 0 Å². The maximum Gasteiger partial charge on any atom is 0.267 e. The van der Waals surface area contributed by atoms with Crippen molar-refractivity contribution in [3.8, 4) is 62.1 Å². The quantitative estimate of drug-likeness (QED) is 0.101. The van der Waals surface area contributed by atoms with Gasteiger partial charge in [0.05, 0.1) is 19.4 Å². The van der Waals surface area contributed by atoms with Gasteiger partial charge in [-0.15, -0.1) is 29.7 Å². The number of para-hydroxylation sites is 1. The van der Waals surface area contributed by atoms with Crippen LogP contribution < -0.4 is 9.30 Å². The standard InChI is InChI=1S/C54H40N4O.Pt/c1-38(2)32-39-28-29-55-53(33-39)58-51-27-24-43(40-14-6-3-7-15-40)34-50(51)49-26-25-46(36-52(49)58)59-45-21-12-20-44(35-45)56-30-31-57(37-56)54-47(41-16-8-4-9-17-41)22-13-23-48(54)42-18-10-5-11-19-42;/h3-31,33-34,38H,32H2,1-2H3;/q-2;/i4D,5D,8D,9D,10D,11D,16D,17D,18D,19D;. The van der Waals surface area contributed by atoms with Gasteiger partial charge in [0.2, 0.25) is 0 Å². The maximum absolute atomic E-state index is 8.86. The van der Waals surface area contributed by atoms with E-state index in [4.69, 9.17) is 23.4 Å². The summed E-state index contributed by atoms with van der Waals surface area (Å²) in [5, 5.41) is 2.01. The fraction of sp³-hybridized carbons (Fsp3) is 0.0741. The van der Waals surface area contributed by atoms with Crippen molar-refractivity contribution < 1.29 is 44.1 Å². The molecule has 0 bridgehead atoms. The third-order valence-corrected chi connectivity index (χ3v) is 10.1. The van der Waals surface area contributed by atoms with Gasteiger partial charge < -0.3 is 13.9 Å². The van der Waals surface area contributed by atoms with Gasteiger partial charge in [0, 0.05) is 56.7 Å². The average Bonchev–Trinajstić information content (AvgIpc) is 3.97. The summed E-state index contributed by atoms with van der Waals surface area (Å²) >= 11 is 0. The molecule has 0 saturated heterocycles. The second-order valence-electron chi connectivity index (χ2n) is 14.5. The minimum atomic E-state index is -0.568. The van der Waals surface area contributed by atoms with Crippen LogP contribution in [0.1, 0.15) is 33.1 Å². The second-order valence-corrected chi connectivity index (χ2v) is 14.5. The van der Waals surface area contributed by atoms with Crippen molar-refractivity contribution in [2.45, 2.75) is 20.3 Å². The molecule has 0 atom stereocenters. The first-order chi connectivity index (χ1) is 33.2. The normalized spacial score (nSPS) is 13.6.